The van der Waals surface area contributed by atoms with Crippen molar-refractivity contribution < 1.29 is 9.18 Å². The van der Waals surface area contributed by atoms with E-state index >= 15 is 0 Å². The maximum absolute atomic E-state index is 12.9. The van der Waals surface area contributed by atoms with Gasteiger partial charge in [0.15, 0.2) is 0 Å². The summed E-state index contributed by atoms with van der Waals surface area (Å²) >= 11 is 2.90. The number of nitrogens with zero attached hydrogens (tertiary/aromatic N) is 2. The fourth-order valence-corrected chi connectivity index (χ4v) is 4.08. The number of rotatable bonds is 3. The molecule has 1 N–H and O–H groups in total. The van der Waals surface area contributed by atoms with E-state index in [1.54, 1.807) is 11.6 Å². The minimum absolute atomic E-state index is 0.151. The summed E-state index contributed by atoms with van der Waals surface area (Å²) in [5, 5.41) is 2.87. The number of amides is 1. The summed E-state index contributed by atoms with van der Waals surface area (Å²) in [6.07, 6.45) is 1.48. The van der Waals surface area contributed by atoms with E-state index in [9.17, 15) is 9.18 Å². The van der Waals surface area contributed by atoms with Crippen molar-refractivity contribution in [2.75, 3.05) is 5.32 Å². The number of nitrogens with one attached hydrogen (secondary N) is 1. The fraction of sp³-hybridized carbons (Fsp3) is 0. The second-order valence-electron chi connectivity index (χ2n) is 5.03. The average Bonchev–Trinajstić information content (AvgIpc) is 3.18. The van der Waals surface area contributed by atoms with Gasteiger partial charge in [0.25, 0.3) is 5.91 Å². The summed E-state index contributed by atoms with van der Waals surface area (Å²) in [4.78, 5) is 21.7. The van der Waals surface area contributed by atoms with Gasteiger partial charge in [-0.25, -0.2) is 9.97 Å². The van der Waals surface area contributed by atoms with Gasteiger partial charge in [0.05, 0.1) is 15.1 Å². The summed E-state index contributed by atoms with van der Waals surface area (Å²) in [5.74, 6) is -0.658. The van der Waals surface area contributed by atoms with Crippen molar-refractivity contribution >= 4 is 43.8 Å². The number of halogens is 1. The van der Waals surface area contributed by atoms with Gasteiger partial charge in [-0.1, -0.05) is 12.1 Å². The first kappa shape index (κ1) is 14.9. The predicted octanol–water partition coefficient (Wildman–Crippen LogP) is 4.81. The highest BCUT2D eigenvalue weighted by Crippen LogP contribution is 2.28. The zero-order chi connectivity index (χ0) is 16.5. The maximum atomic E-state index is 12.9. The Bertz CT molecular complexity index is 978. The number of carbonyl (C=O) groups is 1. The number of hydrogen-bond acceptors (Lipinski definition) is 5. The molecule has 0 unspecified atom stereocenters. The van der Waals surface area contributed by atoms with Gasteiger partial charge in [-0.15, -0.1) is 22.7 Å². The molecule has 1 amide bonds. The lowest BCUT2D eigenvalue weighted by Crippen LogP contribution is -2.09. The van der Waals surface area contributed by atoms with Crippen LogP contribution in [0.5, 0.6) is 0 Å². The molecule has 0 fully saturated rings. The largest absolute Gasteiger partial charge is 0.321 e. The van der Waals surface area contributed by atoms with Crippen LogP contribution in [0.1, 0.15) is 9.67 Å². The highest BCUT2D eigenvalue weighted by atomic mass is 32.1. The number of anilines is 1. The molecule has 3 aromatic heterocycles. The molecule has 0 aliphatic rings. The summed E-state index contributed by atoms with van der Waals surface area (Å²) in [7, 11) is 0. The lowest BCUT2D eigenvalue weighted by atomic mass is 10.1. The topological polar surface area (TPSA) is 54.9 Å². The Kier molecular flexibility index (Phi) is 3.79. The molecule has 7 heteroatoms. The smallest absolute Gasteiger partial charge is 0.265 e. The monoisotopic (exact) mass is 355 g/mol. The first-order valence-corrected chi connectivity index (χ1v) is 8.75. The molecule has 4 rings (SSSR count). The molecule has 0 spiro atoms. The molecule has 0 radical (unpaired) electrons. The quantitative estimate of drug-likeness (QED) is 0.537. The van der Waals surface area contributed by atoms with Crippen molar-refractivity contribution in [2.24, 2.45) is 0 Å². The van der Waals surface area contributed by atoms with E-state index in [4.69, 9.17) is 0 Å². The Morgan fingerprint density at radius 3 is 2.54 bits per heavy atom. The average molecular weight is 355 g/mol. The number of thiazole rings is 1. The Hall–Kier alpha value is -2.64. The van der Waals surface area contributed by atoms with Crippen molar-refractivity contribution in [1.82, 2.24) is 9.97 Å². The van der Waals surface area contributed by atoms with E-state index in [2.05, 4.69) is 15.3 Å². The van der Waals surface area contributed by atoms with Gasteiger partial charge in [0, 0.05) is 17.4 Å². The first-order valence-electron chi connectivity index (χ1n) is 7.05. The summed E-state index contributed by atoms with van der Waals surface area (Å²) in [5.41, 5.74) is 4.19. The van der Waals surface area contributed by atoms with E-state index in [1.165, 1.54) is 34.9 Å². The van der Waals surface area contributed by atoms with E-state index in [0.717, 1.165) is 20.7 Å². The summed E-state index contributed by atoms with van der Waals surface area (Å²) in [6, 6.07) is 12.2. The highest BCUT2D eigenvalue weighted by molar-refractivity contribution is 7.27. The molecule has 4 aromatic rings. The lowest BCUT2D eigenvalue weighted by Gasteiger charge is -2.05. The van der Waals surface area contributed by atoms with Crippen LogP contribution in [0.2, 0.25) is 0 Å². The van der Waals surface area contributed by atoms with E-state index in [0.29, 0.717) is 10.6 Å². The second kappa shape index (κ2) is 6.10. The molecule has 0 saturated heterocycles. The number of aromatic nitrogens is 2. The van der Waals surface area contributed by atoms with Crippen molar-refractivity contribution in [3.05, 3.63) is 65.0 Å². The maximum Gasteiger partial charge on any atom is 0.265 e. The van der Waals surface area contributed by atoms with Crippen LogP contribution >= 0.6 is 22.7 Å². The van der Waals surface area contributed by atoms with Gasteiger partial charge in [0.1, 0.15) is 4.83 Å². The summed E-state index contributed by atoms with van der Waals surface area (Å²) < 4.78 is 13.9. The third-order valence-electron chi connectivity index (χ3n) is 3.46. The van der Waals surface area contributed by atoms with Crippen LogP contribution in [0.3, 0.4) is 0 Å². The van der Waals surface area contributed by atoms with E-state index < -0.39 is 5.95 Å². The van der Waals surface area contributed by atoms with Crippen LogP contribution < -0.4 is 5.32 Å². The minimum Gasteiger partial charge on any atom is -0.321 e. The number of thiophene rings is 1. The van der Waals surface area contributed by atoms with Gasteiger partial charge in [-0.05, 0) is 35.9 Å². The molecule has 118 valence electrons. The third kappa shape index (κ3) is 2.91. The molecule has 1 aromatic carbocycles. The molecule has 24 heavy (non-hydrogen) atoms. The molecule has 0 aliphatic heterocycles. The SMILES string of the molecule is O=C(Nc1ccc(-c2ccc(F)nc2)cc1)c1cc2scnc2s1. The molecule has 0 atom stereocenters. The van der Waals surface area contributed by atoms with Crippen molar-refractivity contribution in [1.29, 1.82) is 0 Å². The second-order valence-corrected chi connectivity index (χ2v) is 6.95. The van der Waals surface area contributed by atoms with Gasteiger partial charge in [-0.3, -0.25) is 4.79 Å². The van der Waals surface area contributed by atoms with Crippen molar-refractivity contribution in [2.45, 2.75) is 0 Å². The first-order chi connectivity index (χ1) is 11.7. The number of pyridine rings is 1. The van der Waals surface area contributed by atoms with E-state index in [-0.39, 0.29) is 5.91 Å². The third-order valence-corrected chi connectivity index (χ3v) is 5.40. The Morgan fingerprint density at radius 1 is 1.04 bits per heavy atom. The van der Waals surface area contributed by atoms with Gasteiger partial charge < -0.3 is 5.32 Å². The Balaban J connectivity index is 1.51. The van der Waals surface area contributed by atoms with Crippen LogP contribution in [0, 0.1) is 5.95 Å². The number of carbonyl (C=O) groups excluding carboxylic acids is 1. The highest BCUT2D eigenvalue weighted by Gasteiger charge is 2.12. The van der Waals surface area contributed by atoms with Crippen LogP contribution in [-0.4, -0.2) is 15.9 Å². The van der Waals surface area contributed by atoms with Crippen molar-refractivity contribution in [3.8, 4) is 11.1 Å². The number of hydrogen-bond donors (Lipinski definition) is 1. The normalized spacial score (nSPS) is 10.9. The van der Waals surface area contributed by atoms with Gasteiger partial charge in [-0.2, -0.15) is 4.39 Å². The fourth-order valence-electron chi connectivity index (χ4n) is 2.27. The lowest BCUT2D eigenvalue weighted by molar-refractivity contribution is 0.103. The zero-order valence-corrected chi connectivity index (χ0v) is 13.8. The van der Waals surface area contributed by atoms with Gasteiger partial charge >= 0.3 is 0 Å². The molecule has 0 bridgehead atoms. The summed E-state index contributed by atoms with van der Waals surface area (Å²) in [6.45, 7) is 0. The molecular weight excluding hydrogens is 345 g/mol. The molecular formula is C17H10FN3OS2. The minimum atomic E-state index is -0.507. The predicted molar refractivity (Wildman–Crippen MR) is 95.1 cm³/mol. The number of benzene rings is 1. The van der Waals surface area contributed by atoms with Crippen LogP contribution in [-0.2, 0) is 0 Å². The van der Waals surface area contributed by atoms with Crippen LogP contribution in [0.15, 0.2) is 54.2 Å². The van der Waals surface area contributed by atoms with E-state index in [1.807, 2.05) is 30.3 Å². The van der Waals surface area contributed by atoms with Gasteiger partial charge in [0.2, 0.25) is 5.95 Å². The zero-order valence-electron chi connectivity index (χ0n) is 12.2. The number of fused-ring (bicyclic) bond motifs is 1. The standard InChI is InChI=1S/C17H10FN3OS2/c18-15-6-3-11(8-19-15)10-1-4-12(5-2-10)21-16(22)13-7-14-17(24-13)20-9-23-14/h1-9H,(H,21,22). The molecule has 0 saturated carbocycles. The Labute approximate surface area is 144 Å². The van der Waals surface area contributed by atoms with Crippen molar-refractivity contribution in [3.63, 3.8) is 0 Å². The Morgan fingerprint density at radius 2 is 1.83 bits per heavy atom. The molecule has 3 heterocycles. The molecule has 0 aliphatic carbocycles. The van der Waals surface area contributed by atoms with Crippen LogP contribution in [0.4, 0.5) is 10.1 Å². The van der Waals surface area contributed by atoms with Crippen LogP contribution in [0.25, 0.3) is 20.7 Å². The molecule has 4 nitrogen and oxygen atoms in total.